The molecule has 0 fully saturated rings. The largest absolute Gasteiger partial charge is 0.472 e. The van der Waals surface area contributed by atoms with E-state index in [0.29, 0.717) is 19.3 Å². The van der Waals surface area contributed by atoms with E-state index in [-0.39, 0.29) is 25.9 Å². The van der Waals surface area contributed by atoms with E-state index in [1.165, 1.54) is 122 Å². The average molecular weight is 1040 g/mol. The molecule has 0 saturated heterocycles. The molecule has 3 unspecified atom stereocenters. The van der Waals surface area contributed by atoms with Crippen molar-refractivity contribution in [2.75, 3.05) is 26.4 Å². The topological polar surface area (TPSA) is 155 Å². The van der Waals surface area contributed by atoms with E-state index in [2.05, 4.69) is 69.4 Å². The highest BCUT2D eigenvalue weighted by Gasteiger charge is 2.28. The molecule has 0 amide bonds. The van der Waals surface area contributed by atoms with Gasteiger partial charge in [0.2, 0.25) is 0 Å². The van der Waals surface area contributed by atoms with Gasteiger partial charge in [0.05, 0.1) is 19.8 Å². The minimum atomic E-state index is -4.75. The van der Waals surface area contributed by atoms with Gasteiger partial charge >= 0.3 is 25.7 Å². The highest BCUT2D eigenvalue weighted by Crippen LogP contribution is 2.43. The maximum atomic E-state index is 12.9. The number of carbonyl (C=O) groups is 3. The number of hydrogen-bond acceptors (Lipinski definition) is 10. The van der Waals surface area contributed by atoms with Crippen LogP contribution in [0.25, 0.3) is 0 Å². The summed E-state index contributed by atoms with van der Waals surface area (Å²) in [5.74, 6) is -1.47. The molecule has 0 aromatic heterocycles. The third kappa shape index (κ3) is 52.3. The van der Waals surface area contributed by atoms with Crippen LogP contribution in [0.5, 0.6) is 0 Å². The third-order valence-corrected chi connectivity index (χ3v) is 13.7. The number of ether oxygens (including phenoxy) is 3. The number of aliphatic hydroxyl groups excluding tert-OH is 1. The number of esters is 3. The third-order valence-electron chi connectivity index (χ3n) is 12.7. The van der Waals surface area contributed by atoms with Crippen molar-refractivity contribution in [3.63, 3.8) is 0 Å². The fraction of sp³-hybridized carbons (Fsp3) is 0.817. The lowest BCUT2D eigenvalue weighted by Crippen LogP contribution is -2.30. The summed E-state index contributed by atoms with van der Waals surface area (Å²) in [5, 5.41) is 9.81. The van der Waals surface area contributed by atoms with Crippen molar-refractivity contribution in [1.82, 2.24) is 0 Å². The van der Waals surface area contributed by atoms with Crippen LogP contribution < -0.4 is 0 Å². The summed E-state index contributed by atoms with van der Waals surface area (Å²) in [6.45, 7) is 4.57. The number of hydrogen-bond donors (Lipinski definition) is 2. The Hall–Kier alpha value is -2.56. The summed E-state index contributed by atoms with van der Waals surface area (Å²) >= 11 is 0. The minimum absolute atomic E-state index is 0.161. The van der Waals surface area contributed by atoms with Crippen LogP contribution in [0.3, 0.4) is 0 Å². The fourth-order valence-electron chi connectivity index (χ4n) is 8.19. The number of aliphatic hydroxyl groups is 1. The Balaban J connectivity index is 4.70. The van der Waals surface area contributed by atoms with Crippen LogP contribution in [-0.2, 0) is 42.2 Å². The van der Waals surface area contributed by atoms with E-state index in [4.69, 9.17) is 23.3 Å². The van der Waals surface area contributed by atoms with Crippen LogP contribution in [0.1, 0.15) is 278 Å². The number of phosphoric ester groups is 1. The molecule has 11 nitrogen and oxygen atoms in total. The van der Waals surface area contributed by atoms with Gasteiger partial charge in [-0.25, -0.2) is 4.57 Å². The zero-order chi connectivity index (χ0) is 52.7. The van der Waals surface area contributed by atoms with Crippen LogP contribution in [0, 0.1) is 0 Å². The normalized spacial score (nSPS) is 13.7. The van der Waals surface area contributed by atoms with Crippen LogP contribution in [0.15, 0.2) is 48.6 Å². The summed E-state index contributed by atoms with van der Waals surface area (Å²) in [7, 11) is -4.75. The molecular formula is C60H109O11P. The first-order valence-corrected chi connectivity index (χ1v) is 31.0. The van der Waals surface area contributed by atoms with Crippen molar-refractivity contribution in [3.05, 3.63) is 48.6 Å². The highest BCUT2D eigenvalue weighted by atomic mass is 31.2. The predicted octanol–water partition coefficient (Wildman–Crippen LogP) is 17.4. The lowest BCUT2D eigenvalue weighted by Gasteiger charge is -2.21. The van der Waals surface area contributed by atoms with E-state index in [9.17, 15) is 28.9 Å². The number of unbranched alkanes of at least 4 members (excludes halogenated alkanes) is 30. The molecule has 0 aromatic carbocycles. The second-order valence-electron chi connectivity index (χ2n) is 19.8. The van der Waals surface area contributed by atoms with Crippen LogP contribution in [0.4, 0.5) is 0 Å². The molecule has 0 bridgehead atoms. The van der Waals surface area contributed by atoms with Gasteiger partial charge in [0.15, 0.2) is 6.10 Å². The first kappa shape index (κ1) is 69.4. The van der Waals surface area contributed by atoms with Gasteiger partial charge < -0.3 is 24.2 Å². The Bertz CT molecular complexity index is 1400. The van der Waals surface area contributed by atoms with Crippen molar-refractivity contribution < 1.29 is 52.2 Å². The van der Waals surface area contributed by atoms with Crippen LogP contribution >= 0.6 is 7.82 Å². The molecule has 0 aliphatic heterocycles. The maximum absolute atomic E-state index is 12.9. The van der Waals surface area contributed by atoms with Gasteiger partial charge in [0, 0.05) is 19.3 Å². The molecule has 0 rings (SSSR count). The van der Waals surface area contributed by atoms with Gasteiger partial charge in [-0.2, -0.15) is 0 Å². The van der Waals surface area contributed by atoms with E-state index in [1.54, 1.807) is 0 Å². The summed E-state index contributed by atoms with van der Waals surface area (Å²) in [6.07, 6.45) is 57.8. The molecule has 0 saturated carbocycles. The Labute approximate surface area is 441 Å². The SMILES string of the molecule is CCC/C=C\C/C=C\CCCCCCCC(=O)OCC(COP(=O)(O)OCC(CO)OC(=O)CCCCCCCCCCCCCCC)OC(=O)CCCCCCCCCCC/C=C\C/C=C\CCCCC. The molecule has 420 valence electrons. The Morgan fingerprint density at radius 2 is 0.708 bits per heavy atom. The van der Waals surface area contributed by atoms with Gasteiger partial charge in [0.25, 0.3) is 0 Å². The smallest absolute Gasteiger partial charge is 0.462 e. The molecule has 0 radical (unpaired) electrons. The molecule has 2 N–H and O–H groups in total. The average Bonchev–Trinajstić information content (AvgIpc) is 3.37. The van der Waals surface area contributed by atoms with Gasteiger partial charge in [-0.05, 0) is 77.0 Å². The van der Waals surface area contributed by atoms with E-state index in [1.807, 2.05) is 0 Å². The van der Waals surface area contributed by atoms with Gasteiger partial charge in [-0.15, -0.1) is 0 Å². The van der Waals surface area contributed by atoms with Crippen LogP contribution in [-0.4, -0.2) is 66.5 Å². The van der Waals surface area contributed by atoms with Gasteiger partial charge in [-0.1, -0.05) is 230 Å². The van der Waals surface area contributed by atoms with Gasteiger partial charge in [-0.3, -0.25) is 23.4 Å². The molecule has 0 spiro atoms. The summed E-state index contributed by atoms with van der Waals surface area (Å²) in [5.41, 5.74) is 0. The van der Waals surface area contributed by atoms with E-state index >= 15 is 0 Å². The zero-order valence-corrected chi connectivity index (χ0v) is 47.3. The zero-order valence-electron chi connectivity index (χ0n) is 46.4. The summed E-state index contributed by atoms with van der Waals surface area (Å²) in [6, 6.07) is 0. The fourth-order valence-corrected chi connectivity index (χ4v) is 8.97. The van der Waals surface area contributed by atoms with Crippen molar-refractivity contribution in [1.29, 1.82) is 0 Å². The molecule has 3 atom stereocenters. The first-order valence-electron chi connectivity index (χ1n) is 29.5. The summed E-state index contributed by atoms with van der Waals surface area (Å²) in [4.78, 5) is 48.5. The number of carbonyl (C=O) groups excluding carboxylic acids is 3. The quantitative estimate of drug-likeness (QED) is 0.0197. The van der Waals surface area contributed by atoms with Gasteiger partial charge in [0.1, 0.15) is 12.7 Å². The molecule has 0 heterocycles. The Morgan fingerprint density at radius 3 is 1.11 bits per heavy atom. The predicted molar refractivity (Wildman–Crippen MR) is 298 cm³/mol. The standard InChI is InChI=1S/C60H109O11P/c1-4-7-10-13-16-19-22-25-26-27-28-29-30-33-36-39-42-45-48-51-60(64)71-57(53-67-58(62)49-46-43-40-37-34-31-23-20-17-14-11-8-5-2)55-69-72(65,66)68-54-56(52-61)70-59(63)50-47-44-41-38-35-32-24-21-18-15-12-9-6-3/h11,14,16,19-20,23,25-26,56-57,61H,4-10,12-13,15,17-18,21-22,24,27-55H2,1-3H3,(H,65,66)/b14-11-,19-16-,23-20-,26-25-. The molecule has 0 aliphatic rings. The molecule has 12 heteroatoms. The Kier molecular flexibility index (Phi) is 52.7. The highest BCUT2D eigenvalue weighted by molar-refractivity contribution is 7.47. The maximum Gasteiger partial charge on any atom is 0.472 e. The first-order chi connectivity index (χ1) is 35.2. The van der Waals surface area contributed by atoms with Crippen LogP contribution in [0.2, 0.25) is 0 Å². The van der Waals surface area contributed by atoms with Crippen molar-refractivity contribution >= 4 is 25.7 Å². The molecule has 0 aliphatic carbocycles. The lowest BCUT2D eigenvalue weighted by molar-refractivity contribution is -0.161. The van der Waals surface area contributed by atoms with Crippen molar-refractivity contribution in [3.8, 4) is 0 Å². The molecular weight excluding hydrogens is 928 g/mol. The second kappa shape index (κ2) is 54.7. The monoisotopic (exact) mass is 1040 g/mol. The lowest BCUT2D eigenvalue weighted by atomic mass is 10.0. The van der Waals surface area contributed by atoms with Crippen molar-refractivity contribution in [2.24, 2.45) is 0 Å². The minimum Gasteiger partial charge on any atom is -0.462 e. The van der Waals surface area contributed by atoms with Crippen molar-refractivity contribution in [2.45, 2.75) is 290 Å². The molecule has 0 aromatic rings. The summed E-state index contributed by atoms with van der Waals surface area (Å²) < 4.78 is 39.5. The Morgan fingerprint density at radius 1 is 0.389 bits per heavy atom. The van der Waals surface area contributed by atoms with E-state index < -0.39 is 57.8 Å². The molecule has 72 heavy (non-hydrogen) atoms. The van der Waals surface area contributed by atoms with E-state index in [0.717, 1.165) is 96.3 Å². The second-order valence-corrected chi connectivity index (χ2v) is 21.3. The number of phosphoric acid groups is 1. The number of allylic oxidation sites excluding steroid dienone is 8. The number of rotatable bonds is 55.